The maximum Gasteiger partial charge on any atom is 0.159 e. The molecule has 1 aromatic rings. The molecule has 92 valence electrons. The van der Waals surface area contributed by atoms with E-state index in [0.29, 0.717) is 0 Å². The Morgan fingerprint density at radius 1 is 1.35 bits per heavy atom. The van der Waals surface area contributed by atoms with Crippen molar-refractivity contribution in [3.8, 4) is 0 Å². The van der Waals surface area contributed by atoms with Gasteiger partial charge in [0.25, 0.3) is 0 Å². The lowest BCUT2D eigenvalue weighted by atomic mass is 9.88. The van der Waals surface area contributed by atoms with E-state index in [2.05, 4.69) is 18.3 Å². The standard InChI is InChI=1S/C14H17F2N/c1-2-4-14-11(5-3-8-17-14)10-6-7-12(15)13(16)9-10/h4,6-7,9,11,17H,2-3,5,8H2,1H3/b14-4-. The first-order valence-electron chi connectivity index (χ1n) is 6.11. The van der Waals surface area contributed by atoms with Crippen molar-refractivity contribution in [1.82, 2.24) is 5.32 Å². The molecule has 1 unspecified atom stereocenters. The minimum Gasteiger partial charge on any atom is -0.388 e. The van der Waals surface area contributed by atoms with Crippen LogP contribution in [0.5, 0.6) is 0 Å². The number of benzene rings is 1. The second-order valence-corrected chi connectivity index (χ2v) is 4.36. The van der Waals surface area contributed by atoms with Gasteiger partial charge < -0.3 is 5.32 Å². The van der Waals surface area contributed by atoms with Gasteiger partial charge >= 0.3 is 0 Å². The molecular weight excluding hydrogens is 220 g/mol. The van der Waals surface area contributed by atoms with Crippen molar-refractivity contribution in [2.45, 2.75) is 32.1 Å². The van der Waals surface area contributed by atoms with Gasteiger partial charge in [-0.1, -0.05) is 19.1 Å². The molecule has 0 radical (unpaired) electrons. The van der Waals surface area contributed by atoms with E-state index >= 15 is 0 Å². The van der Waals surface area contributed by atoms with Gasteiger partial charge in [0.15, 0.2) is 11.6 Å². The number of piperidine rings is 1. The van der Waals surface area contributed by atoms with Crippen molar-refractivity contribution in [3.63, 3.8) is 0 Å². The third-order valence-corrected chi connectivity index (χ3v) is 3.14. The lowest BCUT2D eigenvalue weighted by molar-refractivity contribution is 0.496. The number of nitrogens with one attached hydrogen (secondary N) is 1. The van der Waals surface area contributed by atoms with E-state index in [4.69, 9.17) is 0 Å². The van der Waals surface area contributed by atoms with Crippen molar-refractivity contribution in [2.24, 2.45) is 0 Å². The Kier molecular flexibility index (Phi) is 3.77. The van der Waals surface area contributed by atoms with E-state index in [1.54, 1.807) is 6.07 Å². The molecule has 0 amide bonds. The van der Waals surface area contributed by atoms with Crippen LogP contribution in [0.1, 0.15) is 37.7 Å². The third-order valence-electron chi connectivity index (χ3n) is 3.14. The van der Waals surface area contributed by atoms with Gasteiger partial charge in [-0.2, -0.15) is 0 Å². The van der Waals surface area contributed by atoms with E-state index in [9.17, 15) is 8.78 Å². The fraction of sp³-hybridized carbons (Fsp3) is 0.429. The largest absolute Gasteiger partial charge is 0.388 e. The van der Waals surface area contributed by atoms with Crippen molar-refractivity contribution in [3.05, 3.63) is 47.2 Å². The Hall–Kier alpha value is -1.38. The molecule has 2 rings (SSSR count). The quantitative estimate of drug-likeness (QED) is 0.826. The first-order valence-corrected chi connectivity index (χ1v) is 6.11. The van der Waals surface area contributed by atoms with Crippen LogP contribution in [0.3, 0.4) is 0 Å². The van der Waals surface area contributed by atoms with Crippen molar-refractivity contribution < 1.29 is 8.78 Å². The van der Waals surface area contributed by atoms with Crippen LogP contribution >= 0.6 is 0 Å². The van der Waals surface area contributed by atoms with Crippen LogP contribution in [0.15, 0.2) is 30.0 Å². The molecule has 0 saturated carbocycles. The molecule has 1 aliphatic heterocycles. The van der Waals surface area contributed by atoms with Gasteiger partial charge in [0.05, 0.1) is 0 Å². The summed E-state index contributed by atoms with van der Waals surface area (Å²) in [6.07, 6.45) is 5.13. The lowest BCUT2D eigenvalue weighted by Gasteiger charge is -2.27. The van der Waals surface area contributed by atoms with Gasteiger partial charge in [0, 0.05) is 18.2 Å². The number of hydrogen-bond donors (Lipinski definition) is 1. The van der Waals surface area contributed by atoms with Crippen LogP contribution in [0.4, 0.5) is 8.78 Å². The molecule has 1 atom stereocenters. The predicted molar refractivity (Wildman–Crippen MR) is 64.7 cm³/mol. The molecule has 1 fully saturated rings. The summed E-state index contributed by atoms with van der Waals surface area (Å²) in [5.74, 6) is -1.36. The molecule has 3 heteroatoms. The maximum absolute atomic E-state index is 13.2. The highest BCUT2D eigenvalue weighted by molar-refractivity contribution is 5.30. The second kappa shape index (κ2) is 5.30. The van der Waals surface area contributed by atoms with Crippen LogP contribution in [-0.2, 0) is 0 Å². The highest BCUT2D eigenvalue weighted by Gasteiger charge is 2.20. The highest BCUT2D eigenvalue weighted by Crippen LogP contribution is 2.31. The smallest absolute Gasteiger partial charge is 0.159 e. The fourth-order valence-electron chi connectivity index (χ4n) is 2.33. The Labute approximate surface area is 101 Å². The third kappa shape index (κ3) is 2.65. The number of rotatable bonds is 2. The van der Waals surface area contributed by atoms with E-state index in [1.165, 1.54) is 12.1 Å². The average Bonchev–Trinajstić information content (AvgIpc) is 2.34. The average molecular weight is 237 g/mol. The van der Waals surface area contributed by atoms with Crippen molar-refractivity contribution in [1.29, 1.82) is 0 Å². The molecular formula is C14H17F2N. The van der Waals surface area contributed by atoms with Gasteiger partial charge in [-0.05, 0) is 37.0 Å². The zero-order valence-corrected chi connectivity index (χ0v) is 9.97. The van der Waals surface area contributed by atoms with E-state index in [0.717, 1.165) is 37.1 Å². The van der Waals surface area contributed by atoms with Crippen LogP contribution < -0.4 is 5.32 Å². The summed E-state index contributed by atoms with van der Waals surface area (Å²) in [6, 6.07) is 4.21. The molecule has 1 aliphatic rings. The van der Waals surface area contributed by atoms with Crippen LogP contribution in [0, 0.1) is 11.6 Å². The molecule has 1 N–H and O–H groups in total. The zero-order valence-electron chi connectivity index (χ0n) is 9.97. The first kappa shape index (κ1) is 12.1. The Morgan fingerprint density at radius 2 is 2.18 bits per heavy atom. The minimum atomic E-state index is -0.779. The van der Waals surface area contributed by atoms with Gasteiger partial charge in [-0.15, -0.1) is 0 Å². The molecule has 17 heavy (non-hydrogen) atoms. The number of halogens is 2. The summed E-state index contributed by atoms with van der Waals surface area (Å²) in [5, 5.41) is 3.35. The Balaban J connectivity index is 2.29. The molecule has 1 nitrogen and oxygen atoms in total. The second-order valence-electron chi connectivity index (χ2n) is 4.36. The molecule has 1 aromatic carbocycles. The normalized spacial score (nSPS) is 22.5. The van der Waals surface area contributed by atoms with E-state index in [-0.39, 0.29) is 5.92 Å². The molecule has 0 aliphatic carbocycles. The summed E-state index contributed by atoms with van der Waals surface area (Å²) in [4.78, 5) is 0. The summed E-state index contributed by atoms with van der Waals surface area (Å²) < 4.78 is 26.1. The topological polar surface area (TPSA) is 12.0 Å². The van der Waals surface area contributed by atoms with E-state index < -0.39 is 11.6 Å². The predicted octanol–water partition coefficient (Wildman–Crippen LogP) is 3.73. The number of allylic oxidation sites excluding steroid dienone is 2. The van der Waals surface area contributed by atoms with Crippen LogP contribution in [0.2, 0.25) is 0 Å². The van der Waals surface area contributed by atoms with Gasteiger partial charge in [-0.3, -0.25) is 0 Å². The minimum absolute atomic E-state index is 0.179. The first-order chi connectivity index (χ1) is 8.22. The molecule has 0 bridgehead atoms. The Morgan fingerprint density at radius 3 is 2.88 bits per heavy atom. The number of hydrogen-bond acceptors (Lipinski definition) is 1. The Bertz CT molecular complexity index is 426. The molecule has 0 aromatic heterocycles. The summed E-state index contributed by atoms with van der Waals surface area (Å²) >= 11 is 0. The zero-order chi connectivity index (χ0) is 12.3. The lowest BCUT2D eigenvalue weighted by Crippen LogP contribution is -2.26. The summed E-state index contributed by atoms with van der Waals surface area (Å²) in [6.45, 7) is 3.04. The van der Waals surface area contributed by atoms with Gasteiger partial charge in [0.1, 0.15) is 0 Å². The summed E-state index contributed by atoms with van der Waals surface area (Å²) in [5.41, 5.74) is 2.00. The molecule has 1 saturated heterocycles. The van der Waals surface area contributed by atoms with Crippen LogP contribution in [-0.4, -0.2) is 6.54 Å². The SMILES string of the molecule is CC/C=C1\NCCCC1c1ccc(F)c(F)c1. The monoisotopic (exact) mass is 237 g/mol. The van der Waals surface area contributed by atoms with Crippen molar-refractivity contribution in [2.75, 3.05) is 6.54 Å². The molecule has 0 spiro atoms. The fourth-order valence-corrected chi connectivity index (χ4v) is 2.33. The summed E-state index contributed by atoms with van der Waals surface area (Å²) in [7, 11) is 0. The van der Waals surface area contributed by atoms with Gasteiger partial charge in [0.2, 0.25) is 0 Å². The van der Waals surface area contributed by atoms with Gasteiger partial charge in [-0.25, -0.2) is 8.78 Å². The maximum atomic E-state index is 13.2. The molecule has 1 heterocycles. The van der Waals surface area contributed by atoms with E-state index in [1.807, 2.05) is 0 Å². The van der Waals surface area contributed by atoms with Crippen molar-refractivity contribution >= 4 is 0 Å². The van der Waals surface area contributed by atoms with Crippen LogP contribution in [0.25, 0.3) is 0 Å². The highest BCUT2D eigenvalue weighted by atomic mass is 19.2.